The predicted octanol–water partition coefficient (Wildman–Crippen LogP) is -0.787. The number of carbonyl (C=O) groups is 1. The summed E-state index contributed by atoms with van der Waals surface area (Å²) < 4.78 is 1.24. The molecule has 2 rings (SSSR count). The van der Waals surface area contributed by atoms with Crippen molar-refractivity contribution < 1.29 is 9.90 Å². The Labute approximate surface area is 84.9 Å². The molecule has 0 aliphatic heterocycles. The Morgan fingerprint density at radius 1 is 1.33 bits per heavy atom. The average molecular weight is 203 g/mol. The number of rotatable bonds is 2. The van der Waals surface area contributed by atoms with Gasteiger partial charge >= 0.3 is 0 Å². The quantitative estimate of drug-likeness (QED) is 0.690. The van der Waals surface area contributed by atoms with Crippen LogP contribution in [0.4, 0.5) is 5.82 Å². The summed E-state index contributed by atoms with van der Waals surface area (Å²) in [6, 6.07) is 8.88. The van der Waals surface area contributed by atoms with Gasteiger partial charge in [-0.25, -0.2) is 0 Å². The van der Waals surface area contributed by atoms with Gasteiger partial charge in [0.05, 0.1) is 11.7 Å². The number of hydrogen-bond donors (Lipinski definition) is 1. The highest BCUT2D eigenvalue weighted by molar-refractivity contribution is 5.88. The third-order valence-electron chi connectivity index (χ3n) is 1.90. The number of nitrogens with zero attached hydrogens (tertiary/aromatic N) is 3. The van der Waals surface area contributed by atoms with Crippen molar-refractivity contribution in [3.05, 3.63) is 36.0 Å². The number of aromatic carboxylic acids is 1. The molecule has 2 aromatic rings. The number of carbonyl (C=O) groups excluding carboxylic acids is 1. The number of nitrogens with two attached hydrogens (primary N) is 1. The molecule has 2 N–H and O–H groups in total. The maximum Gasteiger partial charge on any atom is 0.157 e. The van der Waals surface area contributed by atoms with Crippen molar-refractivity contribution in [2.24, 2.45) is 0 Å². The van der Waals surface area contributed by atoms with Crippen LogP contribution in [-0.4, -0.2) is 21.0 Å². The van der Waals surface area contributed by atoms with Gasteiger partial charge in [-0.2, -0.15) is 4.68 Å². The Hall–Kier alpha value is -2.37. The smallest absolute Gasteiger partial charge is 0.157 e. The molecule has 0 unspecified atom stereocenters. The second-order valence-electron chi connectivity index (χ2n) is 2.86. The standard InChI is InChI=1S/C9H8N4O2/c10-8-7(9(14)15)11-12-13(8)6-4-2-1-3-5-6/h1-5H,10H2,(H,14,15)/p-1. The van der Waals surface area contributed by atoms with E-state index in [0.29, 0.717) is 5.69 Å². The predicted molar refractivity (Wildman–Crippen MR) is 50.1 cm³/mol. The SMILES string of the molecule is Nc1c(C(=O)[O-])nnn1-c1ccccc1. The maximum atomic E-state index is 10.6. The van der Waals surface area contributed by atoms with Crippen LogP contribution in [0.2, 0.25) is 0 Å². The molecule has 0 radical (unpaired) electrons. The van der Waals surface area contributed by atoms with E-state index >= 15 is 0 Å². The first kappa shape index (κ1) is 9.20. The minimum atomic E-state index is -1.44. The maximum absolute atomic E-state index is 10.6. The van der Waals surface area contributed by atoms with Crippen LogP contribution in [0.1, 0.15) is 10.5 Å². The zero-order chi connectivity index (χ0) is 10.8. The van der Waals surface area contributed by atoms with Crippen molar-refractivity contribution in [3.8, 4) is 5.69 Å². The minimum Gasteiger partial charge on any atom is -0.543 e. The number of hydrogen-bond acceptors (Lipinski definition) is 5. The lowest BCUT2D eigenvalue weighted by atomic mass is 10.3. The second kappa shape index (κ2) is 3.41. The van der Waals surface area contributed by atoms with Crippen LogP contribution in [0.5, 0.6) is 0 Å². The Morgan fingerprint density at radius 2 is 2.00 bits per heavy atom. The molecule has 0 saturated heterocycles. The Kier molecular flexibility index (Phi) is 2.09. The van der Waals surface area contributed by atoms with Gasteiger partial charge in [-0.1, -0.05) is 23.4 Å². The van der Waals surface area contributed by atoms with E-state index in [4.69, 9.17) is 5.73 Å². The molecule has 1 heterocycles. The average Bonchev–Trinajstić information content (AvgIpc) is 2.61. The molecule has 1 aromatic heterocycles. The molecule has 15 heavy (non-hydrogen) atoms. The Bertz CT molecular complexity index is 492. The zero-order valence-corrected chi connectivity index (χ0v) is 7.62. The molecule has 0 saturated carbocycles. The van der Waals surface area contributed by atoms with Crippen molar-refractivity contribution in [2.45, 2.75) is 0 Å². The van der Waals surface area contributed by atoms with Gasteiger partial charge in [-0.3, -0.25) is 0 Å². The van der Waals surface area contributed by atoms with Crippen LogP contribution >= 0.6 is 0 Å². The molecule has 1 aromatic carbocycles. The molecule has 0 aliphatic rings. The lowest BCUT2D eigenvalue weighted by Crippen LogP contribution is -2.24. The van der Waals surface area contributed by atoms with Crippen LogP contribution in [0.25, 0.3) is 5.69 Å². The Balaban J connectivity index is 2.52. The summed E-state index contributed by atoms with van der Waals surface area (Å²) in [4.78, 5) is 10.6. The molecule has 0 spiro atoms. The fourth-order valence-electron chi connectivity index (χ4n) is 1.19. The summed E-state index contributed by atoms with van der Waals surface area (Å²) in [6.07, 6.45) is 0. The molecule has 0 amide bonds. The molecular formula is C9H7N4O2-. The highest BCUT2D eigenvalue weighted by Crippen LogP contribution is 2.13. The van der Waals surface area contributed by atoms with Crippen LogP contribution in [-0.2, 0) is 0 Å². The highest BCUT2D eigenvalue weighted by Gasteiger charge is 2.10. The molecule has 0 atom stereocenters. The molecule has 6 nitrogen and oxygen atoms in total. The fourth-order valence-corrected chi connectivity index (χ4v) is 1.19. The summed E-state index contributed by atoms with van der Waals surface area (Å²) in [5.41, 5.74) is 5.85. The third kappa shape index (κ3) is 1.52. The number of para-hydroxylation sites is 1. The van der Waals surface area contributed by atoms with Gasteiger partial charge < -0.3 is 15.6 Å². The van der Waals surface area contributed by atoms with E-state index < -0.39 is 5.97 Å². The number of aromatic nitrogens is 3. The van der Waals surface area contributed by atoms with Crippen molar-refractivity contribution in [3.63, 3.8) is 0 Å². The van der Waals surface area contributed by atoms with Crippen molar-refractivity contribution >= 4 is 11.8 Å². The molecule has 76 valence electrons. The molecular weight excluding hydrogens is 196 g/mol. The first-order valence-corrected chi connectivity index (χ1v) is 4.18. The van der Waals surface area contributed by atoms with Crippen molar-refractivity contribution in [2.75, 3.05) is 5.73 Å². The minimum absolute atomic E-state index is 0.0406. The lowest BCUT2D eigenvalue weighted by molar-refractivity contribution is -0.255. The zero-order valence-electron chi connectivity index (χ0n) is 7.62. The monoisotopic (exact) mass is 203 g/mol. The van der Waals surface area contributed by atoms with E-state index in [1.807, 2.05) is 6.07 Å². The lowest BCUT2D eigenvalue weighted by Gasteiger charge is -2.02. The van der Waals surface area contributed by atoms with Crippen LogP contribution in [0, 0.1) is 0 Å². The number of anilines is 1. The summed E-state index contributed by atoms with van der Waals surface area (Å²) in [5.74, 6) is -1.48. The topological polar surface area (TPSA) is 96.9 Å². The van der Waals surface area contributed by atoms with Crippen LogP contribution in [0.3, 0.4) is 0 Å². The molecule has 0 aliphatic carbocycles. The van der Waals surface area contributed by atoms with E-state index in [1.54, 1.807) is 24.3 Å². The highest BCUT2D eigenvalue weighted by atomic mass is 16.4. The van der Waals surface area contributed by atoms with Gasteiger partial charge in [0.1, 0.15) is 0 Å². The number of carboxylic acids is 1. The normalized spacial score (nSPS) is 10.1. The van der Waals surface area contributed by atoms with Crippen LogP contribution < -0.4 is 10.8 Å². The Morgan fingerprint density at radius 3 is 2.53 bits per heavy atom. The van der Waals surface area contributed by atoms with Gasteiger partial charge in [0, 0.05) is 0 Å². The first-order chi connectivity index (χ1) is 7.20. The molecule has 6 heteroatoms. The van der Waals surface area contributed by atoms with E-state index in [1.165, 1.54) is 4.68 Å². The number of carboxylic acid groups (broad SMARTS) is 1. The van der Waals surface area contributed by atoms with Crippen LogP contribution in [0.15, 0.2) is 30.3 Å². The molecule has 0 fully saturated rings. The van der Waals surface area contributed by atoms with E-state index in [9.17, 15) is 9.90 Å². The van der Waals surface area contributed by atoms with E-state index in [0.717, 1.165) is 0 Å². The number of benzene rings is 1. The molecule has 0 bridgehead atoms. The number of nitrogen functional groups attached to an aromatic ring is 1. The van der Waals surface area contributed by atoms with E-state index in [2.05, 4.69) is 10.3 Å². The van der Waals surface area contributed by atoms with Gasteiger partial charge in [0.15, 0.2) is 11.5 Å². The summed E-state index contributed by atoms with van der Waals surface area (Å²) in [5, 5.41) is 17.6. The van der Waals surface area contributed by atoms with Gasteiger partial charge in [0.2, 0.25) is 0 Å². The second-order valence-corrected chi connectivity index (χ2v) is 2.86. The van der Waals surface area contributed by atoms with Crippen molar-refractivity contribution in [1.29, 1.82) is 0 Å². The van der Waals surface area contributed by atoms with E-state index in [-0.39, 0.29) is 11.5 Å². The fraction of sp³-hybridized carbons (Fsp3) is 0. The summed E-state index contributed by atoms with van der Waals surface area (Å²) in [6.45, 7) is 0. The summed E-state index contributed by atoms with van der Waals surface area (Å²) in [7, 11) is 0. The van der Waals surface area contributed by atoms with Crippen molar-refractivity contribution in [1.82, 2.24) is 15.0 Å². The summed E-state index contributed by atoms with van der Waals surface area (Å²) >= 11 is 0. The first-order valence-electron chi connectivity index (χ1n) is 4.18. The largest absolute Gasteiger partial charge is 0.543 e. The van der Waals surface area contributed by atoms with Gasteiger partial charge in [-0.15, -0.1) is 5.10 Å². The van der Waals surface area contributed by atoms with Gasteiger partial charge in [-0.05, 0) is 12.1 Å². The third-order valence-corrected chi connectivity index (χ3v) is 1.90. The van der Waals surface area contributed by atoms with Gasteiger partial charge in [0.25, 0.3) is 0 Å².